The van der Waals surface area contributed by atoms with E-state index in [0.29, 0.717) is 0 Å². The van der Waals surface area contributed by atoms with E-state index in [1.807, 2.05) is 0 Å². The van der Waals surface area contributed by atoms with Gasteiger partial charge < -0.3 is 15.2 Å². The average molecular weight is 337 g/mol. The lowest BCUT2D eigenvalue weighted by Crippen LogP contribution is -2.39. The highest BCUT2D eigenvalue weighted by Gasteiger charge is 2.57. The summed E-state index contributed by atoms with van der Waals surface area (Å²) in [4.78, 5) is 3.78. The van der Waals surface area contributed by atoms with Gasteiger partial charge in [-0.1, -0.05) is 0 Å². The first-order valence-electron chi connectivity index (χ1n) is 7.47. The Labute approximate surface area is 135 Å². The van der Waals surface area contributed by atoms with Crippen LogP contribution in [0.2, 0.25) is 0 Å². The number of aromatic nitrogens is 1. The van der Waals surface area contributed by atoms with Crippen LogP contribution in [0.3, 0.4) is 0 Å². The monoisotopic (exact) mass is 337 g/mol. The van der Waals surface area contributed by atoms with Gasteiger partial charge in [-0.3, -0.25) is 5.32 Å². The molecule has 2 aromatic rings. The van der Waals surface area contributed by atoms with Crippen molar-refractivity contribution in [1.29, 1.82) is 0 Å². The summed E-state index contributed by atoms with van der Waals surface area (Å²) in [5, 5.41) is 15.6. The third kappa shape index (κ3) is 2.57. The standard InChI is InChI=1S/C16H14F3N3O2/c17-7-1-4-11(20-5-7)21-16(23)22-14-8-6-24-15-10(19)3-2-9(18)13(15)12(8)14/h1-5,8,12,14,16,22-23H,6H2,(H,20,21)/t8-,12-,14-,16?/m1/s1. The van der Waals surface area contributed by atoms with Gasteiger partial charge in [0.25, 0.3) is 0 Å². The second-order valence-electron chi connectivity index (χ2n) is 5.87. The zero-order valence-electron chi connectivity index (χ0n) is 12.3. The van der Waals surface area contributed by atoms with Gasteiger partial charge in [-0.25, -0.2) is 18.2 Å². The van der Waals surface area contributed by atoms with Crippen LogP contribution in [0.5, 0.6) is 5.75 Å². The molecule has 2 heterocycles. The van der Waals surface area contributed by atoms with Crippen LogP contribution in [0.4, 0.5) is 19.0 Å². The summed E-state index contributed by atoms with van der Waals surface area (Å²) in [5.74, 6) is -1.68. The van der Waals surface area contributed by atoms with E-state index in [0.717, 1.165) is 18.3 Å². The first-order chi connectivity index (χ1) is 11.5. The molecule has 0 bridgehead atoms. The molecule has 1 aromatic carbocycles. The fraction of sp³-hybridized carbons (Fsp3) is 0.312. The predicted octanol–water partition coefficient (Wildman–Crippen LogP) is 1.95. The van der Waals surface area contributed by atoms with Crippen molar-refractivity contribution in [3.05, 3.63) is 53.5 Å². The minimum absolute atomic E-state index is 0.0496. The molecule has 4 atom stereocenters. The van der Waals surface area contributed by atoms with Crippen molar-refractivity contribution in [2.45, 2.75) is 18.3 Å². The van der Waals surface area contributed by atoms with Crippen LogP contribution in [0.15, 0.2) is 30.5 Å². The lowest BCUT2D eigenvalue weighted by molar-refractivity contribution is 0.158. The summed E-state index contributed by atoms with van der Waals surface area (Å²) < 4.78 is 45.9. The number of aliphatic hydroxyl groups excluding tert-OH is 1. The quantitative estimate of drug-likeness (QED) is 0.744. The maximum Gasteiger partial charge on any atom is 0.182 e. The molecule has 1 aliphatic carbocycles. The van der Waals surface area contributed by atoms with Crippen molar-refractivity contribution < 1.29 is 23.0 Å². The van der Waals surface area contributed by atoms with E-state index < -0.39 is 23.8 Å². The molecule has 24 heavy (non-hydrogen) atoms. The van der Waals surface area contributed by atoms with E-state index in [1.165, 1.54) is 12.1 Å². The van der Waals surface area contributed by atoms with Crippen molar-refractivity contribution in [2.75, 3.05) is 11.9 Å². The predicted molar refractivity (Wildman–Crippen MR) is 78.8 cm³/mol. The fourth-order valence-corrected chi connectivity index (χ4v) is 3.21. The smallest absolute Gasteiger partial charge is 0.182 e. The van der Waals surface area contributed by atoms with Crippen molar-refractivity contribution in [2.24, 2.45) is 5.92 Å². The Morgan fingerprint density at radius 1 is 1.17 bits per heavy atom. The Kier molecular flexibility index (Phi) is 3.58. The van der Waals surface area contributed by atoms with Gasteiger partial charge in [0.05, 0.1) is 12.8 Å². The van der Waals surface area contributed by atoms with Crippen LogP contribution in [0.25, 0.3) is 0 Å². The van der Waals surface area contributed by atoms with Crippen LogP contribution in [-0.2, 0) is 0 Å². The molecule has 3 N–H and O–H groups in total. The van der Waals surface area contributed by atoms with E-state index in [2.05, 4.69) is 15.6 Å². The molecule has 1 aliphatic heterocycles. The first kappa shape index (κ1) is 15.2. The number of fused-ring (bicyclic) bond motifs is 3. The van der Waals surface area contributed by atoms with E-state index >= 15 is 0 Å². The van der Waals surface area contributed by atoms with Gasteiger partial charge in [-0.2, -0.15) is 0 Å². The van der Waals surface area contributed by atoms with E-state index in [4.69, 9.17) is 4.74 Å². The molecule has 1 unspecified atom stereocenters. The molecule has 8 heteroatoms. The number of nitrogens with one attached hydrogen (secondary N) is 2. The lowest BCUT2D eigenvalue weighted by atomic mass is 10.0. The molecule has 4 rings (SSSR count). The fourth-order valence-electron chi connectivity index (χ4n) is 3.21. The number of rotatable bonds is 4. The molecule has 1 fully saturated rings. The van der Waals surface area contributed by atoms with Crippen molar-refractivity contribution in [3.63, 3.8) is 0 Å². The molecule has 5 nitrogen and oxygen atoms in total. The Morgan fingerprint density at radius 2 is 1.96 bits per heavy atom. The highest BCUT2D eigenvalue weighted by molar-refractivity contribution is 5.47. The number of halogens is 3. The Balaban J connectivity index is 1.46. The first-order valence-corrected chi connectivity index (χ1v) is 7.47. The third-order valence-corrected chi connectivity index (χ3v) is 4.38. The van der Waals surface area contributed by atoms with Gasteiger partial charge in [0.15, 0.2) is 17.9 Å². The second-order valence-corrected chi connectivity index (χ2v) is 5.87. The van der Waals surface area contributed by atoms with Gasteiger partial charge >= 0.3 is 0 Å². The highest BCUT2D eigenvalue weighted by atomic mass is 19.1. The van der Waals surface area contributed by atoms with E-state index in [1.54, 1.807) is 0 Å². The highest BCUT2D eigenvalue weighted by Crippen LogP contribution is 2.55. The average Bonchev–Trinajstić information content (AvgIpc) is 3.26. The number of pyridine rings is 1. The number of anilines is 1. The summed E-state index contributed by atoms with van der Waals surface area (Å²) in [6, 6.07) is 4.45. The normalized spacial score (nSPS) is 25.2. The zero-order chi connectivity index (χ0) is 16.8. The van der Waals surface area contributed by atoms with Crippen molar-refractivity contribution in [3.8, 4) is 5.75 Å². The summed E-state index contributed by atoms with van der Waals surface area (Å²) in [6.45, 7) is 0.247. The third-order valence-electron chi connectivity index (χ3n) is 4.38. The number of hydrogen-bond acceptors (Lipinski definition) is 5. The van der Waals surface area contributed by atoms with Crippen LogP contribution >= 0.6 is 0 Å². The number of nitrogens with zero attached hydrogens (tertiary/aromatic N) is 1. The van der Waals surface area contributed by atoms with Gasteiger partial charge in [-0.15, -0.1) is 0 Å². The molecule has 1 aromatic heterocycles. The second kappa shape index (κ2) is 5.64. The summed E-state index contributed by atoms with van der Waals surface area (Å²) in [7, 11) is 0. The number of benzene rings is 1. The number of ether oxygens (including phenoxy) is 1. The van der Waals surface area contributed by atoms with Crippen LogP contribution in [0.1, 0.15) is 11.5 Å². The maximum absolute atomic E-state index is 14.0. The Morgan fingerprint density at radius 3 is 2.71 bits per heavy atom. The molecular formula is C16H14F3N3O2. The van der Waals surface area contributed by atoms with Crippen molar-refractivity contribution in [1.82, 2.24) is 10.3 Å². The summed E-state index contributed by atoms with van der Waals surface area (Å²) in [5.41, 5.74) is 0.204. The van der Waals surface area contributed by atoms with E-state index in [-0.39, 0.29) is 41.6 Å². The largest absolute Gasteiger partial charge is 0.490 e. The van der Waals surface area contributed by atoms with Gasteiger partial charge in [0, 0.05) is 23.4 Å². The maximum atomic E-state index is 14.0. The minimum Gasteiger partial charge on any atom is -0.490 e. The topological polar surface area (TPSA) is 66.4 Å². The molecule has 0 saturated heterocycles. The van der Waals surface area contributed by atoms with Crippen LogP contribution in [0, 0.1) is 23.4 Å². The molecule has 2 aliphatic rings. The van der Waals surface area contributed by atoms with Gasteiger partial charge in [0.2, 0.25) is 0 Å². The minimum atomic E-state index is -1.17. The molecule has 126 valence electrons. The SMILES string of the molecule is OC(Nc1ccc(F)cn1)N[C@@H]1[C@@H]2COc3c(F)ccc(F)c3[C@@H]21. The molecule has 0 spiro atoms. The molecular weight excluding hydrogens is 323 g/mol. The zero-order valence-corrected chi connectivity index (χ0v) is 12.3. The Bertz CT molecular complexity index is 772. The van der Waals surface area contributed by atoms with Gasteiger partial charge in [-0.05, 0) is 24.3 Å². The Hall–Kier alpha value is -2.32. The van der Waals surface area contributed by atoms with Crippen LogP contribution in [-0.4, -0.2) is 29.1 Å². The number of hydrogen-bond donors (Lipinski definition) is 3. The summed E-state index contributed by atoms with van der Waals surface area (Å²) in [6.07, 6.45) is -0.146. The summed E-state index contributed by atoms with van der Waals surface area (Å²) >= 11 is 0. The molecule has 0 radical (unpaired) electrons. The molecule has 0 amide bonds. The molecule has 1 saturated carbocycles. The van der Waals surface area contributed by atoms with Gasteiger partial charge in [0.1, 0.15) is 17.5 Å². The van der Waals surface area contributed by atoms with Crippen LogP contribution < -0.4 is 15.4 Å². The van der Waals surface area contributed by atoms with E-state index in [9.17, 15) is 18.3 Å². The number of aliphatic hydroxyl groups is 1. The van der Waals surface area contributed by atoms with Crippen molar-refractivity contribution >= 4 is 5.82 Å². The lowest BCUT2D eigenvalue weighted by Gasteiger charge is -2.17.